The molecule has 3 heteroatoms. The number of hydrogen-bond acceptors (Lipinski definition) is 2. The van der Waals surface area contributed by atoms with Gasteiger partial charge in [-0.05, 0) is 48.9 Å². The molecular formula is C30H18N2O. The van der Waals surface area contributed by atoms with Gasteiger partial charge in [-0.1, -0.05) is 48.5 Å². The number of aromatic nitrogens is 2. The number of aryl methyl sites for hydroxylation is 1. The minimum Gasteiger partial charge on any atom is -0.456 e. The highest BCUT2D eigenvalue weighted by Gasteiger charge is 2.22. The van der Waals surface area contributed by atoms with Gasteiger partial charge in [0.1, 0.15) is 11.2 Å². The van der Waals surface area contributed by atoms with E-state index in [1.54, 1.807) is 0 Å². The third kappa shape index (κ3) is 2.12. The second-order valence-corrected chi connectivity index (χ2v) is 8.92. The molecule has 0 N–H and O–H groups in total. The maximum absolute atomic E-state index is 6.37. The standard InChI is InChI=1S/C30H18N2O/c1-17-10-12-23(31-16-17)18-11-13-25-22(14-18)29-28-20-7-3-5-9-26(20)33-27(28)15-21-19-6-2-4-8-24(19)32(25)30(21)29/h2-16H,1H3. The van der Waals surface area contributed by atoms with Gasteiger partial charge in [0.25, 0.3) is 0 Å². The summed E-state index contributed by atoms with van der Waals surface area (Å²) in [4.78, 5) is 4.69. The number of fused-ring (bicyclic) bond motifs is 10. The number of furan rings is 1. The Morgan fingerprint density at radius 3 is 2.36 bits per heavy atom. The molecule has 4 aromatic heterocycles. The molecule has 0 aliphatic rings. The summed E-state index contributed by atoms with van der Waals surface area (Å²) in [5, 5.41) is 7.33. The molecule has 8 rings (SSSR count). The van der Waals surface area contributed by atoms with Crippen molar-refractivity contribution in [3.05, 3.63) is 96.7 Å². The predicted octanol–water partition coefficient (Wildman–Crippen LogP) is 8.11. The fourth-order valence-corrected chi connectivity index (χ4v) is 5.57. The van der Waals surface area contributed by atoms with Crippen LogP contribution < -0.4 is 0 Å². The summed E-state index contributed by atoms with van der Waals surface area (Å²) in [6, 6.07) is 30.2. The first kappa shape index (κ1) is 17.2. The van der Waals surface area contributed by atoms with E-state index in [0.717, 1.165) is 27.8 Å². The molecular weight excluding hydrogens is 404 g/mol. The highest BCUT2D eigenvalue weighted by molar-refractivity contribution is 6.34. The topological polar surface area (TPSA) is 30.4 Å². The van der Waals surface area contributed by atoms with Crippen LogP contribution in [-0.4, -0.2) is 9.38 Å². The summed E-state index contributed by atoms with van der Waals surface area (Å²) in [5.41, 5.74) is 8.85. The fourth-order valence-electron chi connectivity index (χ4n) is 5.57. The minimum absolute atomic E-state index is 0.928. The van der Waals surface area contributed by atoms with Crippen LogP contribution in [0.3, 0.4) is 0 Å². The Morgan fingerprint density at radius 2 is 1.48 bits per heavy atom. The molecule has 0 aliphatic heterocycles. The normalized spacial score (nSPS) is 12.4. The Hall–Kier alpha value is -4.37. The van der Waals surface area contributed by atoms with Gasteiger partial charge in [0.15, 0.2) is 0 Å². The van der Waals surface area contributed by atoms with Crippen molar-refractivity contribution in [2.24, 2.45) is 0 Å². The van der Waals surface area contributed by atoms with Crippen molar-refractivity contribution in [2.75, 3.05) is 0 Å². The molecule has 0 saturated heterocycles. The monoisotopic (exact) mass is 422 g/mol. The molecule has 0 atom stereocenters. The molecule has 4 heterocycles. The van der Waals surface area contributed by atoms with Gasteiger partial charge < -0.3 is 8.82 Å². The van der Waals surface area contributed by atoms with Gasteiger partial charge in [-0.2, -0.15) is 0 Å². The van der Waals surface area contributed by atoms with Crippen LogP contribution >= 0.6 is 0 Å². The van der Waals surface area contributed by atoms with Crippen LogP contribution in [0.2, 0.25) is 0 Å². The zero-order valence-corrected chi connectivity index (χ0v) is 18.0. The van der Waals surface area contributed by atoms with Gasteiger partial charge in [0.05, 0.1) is 22.2 Å². The first-order chi connectivity index (χ1) is 16.3. The predicted molar refractivity (Wildman–Crippen MR) is 136 cm³/mol. The van der Waals surface area contributed by atoms with Crippen molar-refractivity contribution in [3.8, 4) is 11.3 Å². The third-order valence-corrected chi connectivity index (χ3v) is 7.01. The summed E-state index contributed by atoms with van der Waals surface area (Å²) in [7, 11) is 0. The quantitative estimate of drug-likeness (QED) is 0.267. The van der Waals surface area contributed by atoms with Crippen LogP contribution in [0.1, 0.15) is 5.56 Å². The first-order valence-electron chi connectivity index (χ1n) is 11.2. The molecule has 3 nitrogen and oxygen atoms in total. The minimum atomic E-state index is 0.928. The summed E-state index contributed by atoms with van der Waals surface area (Å²) >= 11 is 0. The maximum Gasteiger partial charge on any atom is 0.136 e. The highest BCUT2D eigenvalue weighted by Crippen LogP contribution is 2.46. The maximum atomic E-state index is 6.37. The van der Waals surface area contributed by atoms with Gasteiger partial charge in [-0.3, -0.25) is 4.98 Å². The van der Waals surface area contributed by atoms with Crippen molar-refractivity contribution in [2.45, 2.75) is 6.92 Å². The van der Waals surface area contributed by atoms with E-state index in [1.165, 1.54) is 49.0 Å². The van der Waals surface area contributed by atoms with Crippen LogP contribution in [0.25, 0.3) is 71.3 Å². The van der Waals surface area contributed by atoms with E-state index in [-0.39, 0.29) is 0 Å². The van der Waals surface area contributed by atoms with E-state index in [9.17, 15) is 0 Å². The van der Waals surface area contributed by atoms with E-state index >= 15 is 0 Å². The molecule has 154 valence electrons. The fraction of sp³-hybridized carbons (Fsp3) is 0.0333. The summed E-state index contributed by atoms with van der Waals surface area (Å²) in [5.74, 6) is 0. The molecule has 0 saturated carbocycles. The van der Waals surface area contributed by atoms with Gasteiger partial charge in [-0.25, -0.2) is 0 Å². The number of nitrogens with zero attached hydrogens (tertiary/aromatic N) is 2. The Labute approximate surface area is 188 Å². The van der Waals surface area contributed by atoms with Gasteiger partial charge >= 0.3 is 0 Å². The molecule has 4 aromatic carbocycles. The molecule has 0 radical (unpaired) electrons. The van der Waals surface area contributed by atoms with Crippen molar-refractivity contribution < 1.29 is 4.42 Å². The number of benzene rings is 4. The van der Waals surface area contributed by atoms with Crippen molar-refractivity contribution in [1.29, 1.82) is 0 Å². The van der Waals surface area contributed by atoms with Crippen molar-refractivity contribution in [3.63, 3.8) is 0 Å². The first-order valence-corrected chi connectivity index (χ1v) is 11.2. The van der Waals surface area contributed by atoms with Crippen molar-refractivity contribution >= 4 is 60.0 Å². The molecule has 0 bridgehead atoms. The number of pyridine rings is 1. The largest absolute Gasteiger partial charge is 0.456 e. The van der Waals surface area contributed by atoms with Crippen LogP contribution in [-0.2, 0) is 0 Å². The third-order valence-electron chi connectivity index (χ3n) is 7.01. The molecule has 0 fully saturated rings. The molecule has 0 unspecified atom stereocenters. The van der Waals surface area contributed by atoms with Crippen molar-refractivity contribution in [1.82, 2.24) is 9.38 Å². The molecule has 33 heavy (non-hydrogen) atoms. The zero-order chi connectivity index (χ0) is 21.7. The lowest BCUT2D eigenvalue weighted by molar-refractivity contribution is 0.669. The average Bonchev–Trinajstić information content (AvgIpc) is 3.49. The SMILES string of the molecule is Cc1ccc(-c2ccc3c(c2)c2c4c(cc5c6ccccc6n3c52)oc2ccccc24)nc1. The van der Waals surface area contributed by atoms with E-state index < -0.39 is 0 Å². The molecule has 8 aromatic rings. The second kappa shape index (κ2) is 5.90. The Morgan fingerprint density at radius 1 is 0.667 bits per heavy atom. The lowest BCUT2D eigenvalue weighted by Gasteiger charge is -2.04. The zero-order valence-electron chi connectivity index (χ0n) is 18.0. The van der Waals surface area contributed by atoms with Crippen LogP contribution in [0, 0.1) is 6.92 Å². The average molecular weight is 422 g/mol. The Kier molecular flexibility index (Phi) is 3.08. The van der Waals surface area contributed by atoms with Crippen LogP contribution in [0.15, 0.2) is 95.5 Å². The number of para-hydroxylation sites is 2. The van der Waals surface area contributed by atoms with E-state index in [4.69, 9.17) is 4.42 Å². The highest BCUT2D eigenvalue weighted by atomic mass is 16.3. The van der Waals surface area contributed by atoms with Crippen LogP contribution in [0.4, 0.5) is 0 Å². The number of rotatable bonds is 1. The molecule has 0 amide bonds. The number of hydrogen-bond donors (Lipinski definition) is 0. The van der Waals surface area contributed by atoms with Gasteiger partial charge in [-0.15, -0.1) is 0 Å². The Balaban J connectivity index is 1.65. The summed E-state index contributed by atoms with van der Waals surface area (Å²) in [6.07, 6.45) is 1.93. The van der Waals surface area contributed by atoms with Gasteiger partial charge in [0, 0.05) is 44.1 Å². The van der Waals surface area contributed by atoms with E-state index in [0.29, 0.717) is 0 Å². The van der Waals surface area contributed by atoms with E-state index in [2.05, 4.69) is 95.2 Å². The summed E-state index contributed by atoms with van der Waals surface area (Å²) < 4.78 is 8.79. The van der Waals surface area contributed by atoms with Gasteiger partial charge in [0.2, 0.25) is 0 Å². The molecule has 0 spiro atoms. The Bertz CT molecular complexity index is 2020. The van der Waals surface area contributed by atoms with E-state index in [1.807, 2.05) is 12.3 Å². The lowest BCUT2D eigenvalue weighted by atomic mass is 10.0. The second-order valence-electron chi connectivity index (χ2n) is 8.92. The smallest absolute Gasteiger partial charge is 0.136 e. The molecule has 0 aliphatic carbocycles. The summed E-state index contributed by atoms with van der Waals surface area (Å²) in [6.45, 7) is 2.07. The lowest BCUT2D eigenvalue weighted by Crippen LogP contribution is -1.85. The van der Waals surface area contributed by atoms with Crippen LogP contribution in [0.5, 0.6) is 0 Å².